The number of ether oxygens (including phenoxy) is 1. The average molecular weight is 239 g/mol. The highest BCUT2D eigenvalue weighted by molar-refractivity contribution is 5.27. The first-order chi connectivity index (χ1) is 8.27. The molecule has 98 valence electrons. The summed E-state index contributed by atoms with van der Waals surface area (Å²) in [5.41, 5.74) is 0. The summed E-state index contributed by atoms with van der Waals surface area (Å²) in [4.78, 5) is 4.33. The Kier molecular flexibility index (Phi) is 6.70. The Balaban J connectivity index is 2.36. The second-order valence-electron chi connectivity index (χ2n) is 4.48. The van der Waals surface area contributed by atoms with Gasteiger partial charge in [0.1, 0.15) is 0 Å². The van der Waals surface area contributed by atoms with Gasteiger partial charge in [-0.3, -0.25) is 0 Å². The highest BCUT2D eigenvalue weighted by atomic mass is 16.5. The number of methoxy groups -OCH3 is 1. The van der Waals surface area contributed by atoms with Gasteiger partial charge in [-0.05, 0) is 13.3 Å². The van der Waals surface area contributed by atoms with Gasteiger partial charge in [-0.25, -0.2) is 4.98 Å². The molecule has 1 N–H and O–H groups in total. The fraction of sp³-hybridized carbons (Fsp3) is 0.769. The molecule has 0 aliphatic carbocycles. The van der Waals surface area contributed by atoms with Crippen molar-refractivity contribution in [3.05, 3.63) is 12.4 Å². The number of anilines is 1. The first-order valence-corrected chi connectivity index (χ1v) is 6.54. The summed E-state index contributed by atoms with van der Waals surface area (Å²) in [6.45, 7) is 6.01. The van der Waals surface area contributed by atoms with Crippen LogP contribution in [0.2, 0.25) is 0 Å². The molecule has 1 aromatic rings. The van der Waals surface area contributed by atoms with Gasteiger partial charge in [-0.1, -0.05) is 26.2 Å². The van der Waals surface area contributed by atoms with E-state index in [1.807, 2.05) is 12.4 Å². The fourth-order valence-corrected chi connectivity index (χ4v) is 1.81. The lowest BCUT2D eigenvalue weighted by molar-refractivity contribution is 0.187. The largest absolute Gasteiger partial charge is 0.383 e. The molecule has 0 radical (unpaired) electrons. The molecule has 0 spiro atoms. The van der Waals surface area contributed by atoms with Gasteiger partial charge in [-0.15, -0.1) is 0 Å². The van der Waals surface area contributed by atoms with E-state index in [0.29, 0.717) is 6.04 Å². The van der Waals surface area contributed by atoms with Gasteiger partial charge in [0.15, 0.2) is 0 Å². The van der Waals surface area contributed by atoms with Crippen LogP contribution in [0.4, 0.5) is 5.95 Å². The first kappa shape index (κ1) is 14.0. The van der Waals surface area contributed by atoms with Crippen molar-refractivity contribution in [3.8, 4) is 0 Å². The average Bonchev–Trinajstić information content (AvgIpc) is 2.74. The van der Waals surface area contributed by atoms with Crippen LogP contribution in [-0.4, -0.2) is 29.3 Å². The van der Waals surface area contributed by atoms with Gasteiger partial charge < -0.3 is 14.6 Å². The number of hydrogen-bond donors (Lipinski definition) is 1. The van der Waals surface area contributed by atoms with E-state index in [4.69, 9.17) is 4.74 Å². The topological polar surface area (TPSA) is 39.1 Å². The number of aromatic nitrogens is 2. The van der Waals surface area contributed by atoms with Gasteiger partial charge in [0.2, 0.25) is 5.95 Å². The molecule has 0 amide bonds. The zero-order valence-corrected chi connectivity index (χ0v) is 11.3. The molecular formula is C13H25N3O. The molecular weight excluding hydrogens is 214 g/mol. The molecule has 0 bridgehead atoms. The summed E-state index contributed by atoms with van der Waals surface area (Å²) < 4.78 is 7.18. The normalized spacial score (nSPS) is 12.6. The van der Waals surface area contributed by atoms with Crippen molar-refractivity contribution in [1.29, 1.82) is 0 Å². The maximum absolute atomic E-state index is 5.08. The molecule has 0 aliphatic heterocycles. The first-order valence-electron chi connectivity index (χ1n) is 6.54. The second kappa shape index (κ2) is 8.12. The van der Waals surface area contributed by atoms with E-state index in [0.717, 1.165) is 19.1 Å². The van der Waals surface area contributed by atoms with Gasteiger partial charge in [0.25, 0.3) is 0 Å². The molecule has 4 heteroatoms. The predicted octanol–water partition coefficient (Wildman–Crippen LogP) is 2.91. The van der Waals surface area contributed by atoms with Crippen molar-refractivity contribution >= 4 is 5.95 Å². The van der Waals surface area contributed by atoms with Crippen molar-refractivity contribution in [2.24, 2.45) is 0 Å². The van der Waals surface area contributed by atoms with Crippen LogP contribution < -0.4 is 5.32 Å². The molecule has 1 rings (SSSR count). The van der Waals surface area contributed by atoms with Gasteiger partial charge in [0.05, 0.1) is 6.61 Å². The van der Waals surface area contributed by atoms with E-state index in [-0.39, 0.29) is 0 Å². The summed E-state index contributed by atoms with van der Waals surface area (Å²) in [6.07, 6.45) is 8.88. The third kappa shape index (κ3) is 5.22. The summed E-state index contributed by atoms with van der Waals surface area (Å²) in [5, 5.41) is 3.45. The van der Waals surface area contributed by atoms with Crippen LogP contribution in [0.1, 0.15) is 39.5 Å². The van der Waals surface area contributed by atoms with Crippen LogP contribution in [0.25, 0.3) is 0 Å². The third-order valence-corrected chi connectivity index (χ3v) is 2.87. The molecule has 1 atom stereocenters. The molecule has 1 heterocycles. The molecule has 17 heavy (non-hydrogen) atoms. The van der Waals surface area contributed by atoms with E-state index in [1.165, 1.54) is 25.7 Å². The highest BCUT2D eigenvalue weighted by Gasteiger charge is 2.06. The van der Waals surface area contributed by atoms with E-state index in [9.17, 15) is 0 Å². The lowest BCUT2D eigenvalue weighted by Gasteiger charge is -2.15. The molecule has 1 aromatic heterocycles. The Hall–Kier alpha value is -1.03. The highest BCUT2D eigenvalue weighted by Crippen LogP contribution is 2.10. The number of nitrogens with zero attached hydrogens (tertiary/aromatic N) is 2. The summed E-state index contributed by atoms with van der Waals surface area (Å²) in [6, 6.07) is 0.477. The molecule has 0 saturated carbocycles. The van der Waals surface area contributed by atoms with E-state index in [1.54, 1.807) is 7.11 Å². The summed E-state index contributed by atoms with van der Waals surface area (Å²) >= 11 is 0. The van der Waals surface area contributed by atoms with Crippen molar-refractivity contribution in [2.45, 2.75) is 52.1 Å². The number of unbranched alkanes of at least 4 members (excludes halogenated alkanes) is 2. The third-order valence-electron chi connectivity index (χ3n) is 2.87. The molecule has 1 unspecified atom stereocenters. The summed E-state index contributed by atoms with van der Waals surface area (Å²) in [7, 11) is 1.72. The molecule has 0 aliphatic rings. The van der Waals surface area contributed by atoms with Gasteiger partial charge >= 0.3 is 0 Å². The van der Waals surface area contributed by atoms with Gasteiger partial charge in [0, 0.05) is 32.1 Å². The Morgan fingerprint density at radius 1 is 1.47 bits per heavy atom. The standard InChI is InChI=1S/C13H25N3O/c1-4-5-6-7-12(2)15-13-14-8-9-16(13)10-11-17-3/h8-9,12H,4-7,10-11H2,1-3H3,(H,14,15). The van der Waals surface area contributed by atoms with E-state index >= 15 is 0 Å². The van der Waals surface area contributed by atoms with Crippen LogP contribution in [0, 0.1) is 0 Å². The Morgan fingerprint density at radius 2 is 2.29 bits per heavy atom. The van der Waals surface area contributed by atoms with Crippen LogP contribution in [-0.2, 0) is 11.3 Å². The van der Waals surface area contributed by atoms with Crippen molar-refractivity contribution in [1.82, 2.24) is 9.55 Å². The zero-order valence-electron chi connectivity index (χ0n) is 11.3. The number of imidazole rings is 1. The zero-order chi connectivity index (χ0) is 12.5. The van der Waals surface area contributed by atoms with Crippen LogP contribution in [0.5, 0.6) is 0 Å². The minimum atomic E-state index is 0.477. The van der Waals surface area contributed by atoms with Gasteiger partial charge in [-0.2, -0.15) is 0 Å². The van der Waals surface area contributed by atoms with Crippen LogP contribution in [0.3, 0.4) is 0 Å². The number of nitrogens with one attached hydrogen (secondary N) is 1. The van der Waals surface area contributed by atoms with E-state index < -0.39 is 0 Å². The minimum Gasteiger partial charge on any atom is -0.383 e. The van der Waals surface area contributed by atoms with Crippen LogP contribution >= 0.6 is 0 Å². The Morgan fingerprint density at radius 3 is 3.00 bits per heavy atom. The fourth-order valence-electron chi connectivity index (χ4n) is 1.81. The monoisotopic (exact) mass is 239 g/mol. The number of rotatable bonds is 9. The maximum atomic E-state index is 5.08. The lowest BCUT2D eigenvalue weighted by atomic mass is 10.1. The summed E-state index contributed by atoms with van der Waals surface area (Å²) in [5.74, 6) is 0.950. The molecule has 4 nitrogen and oxygen atoms in total. The molecule has 0 aromatic carbocycles. The van der Waals surface area contributed by atoms with Crippen molar-refractivity contribution in [2.75, 3.05) is 19.0 Å². The van der Waals surface area contributed by atoms with Crippen LogP contribution in [0.15, 0.2) is 12.4 Å². The minimum absolute atomic E-state index is 0.477. The molecule has 0 saturated heterocycles. The quantitative estimate of drug-likeness (QED) is 0.673. The Bertz CT molecular complexity index is 299. The smallest absolute Gasteiger partial charge is 0.203 e. The predicted molar refractivity (Wildman–Crippen MR) is 71.3 cm³/mol. The van der Waals surface area contributed by atoms with E-state index in [2.05, 4.69) is 28.7 Å². The van der Waals surface area contributed by atoms with Crippen molar-refractivity contribution < 1.29 is 4.74 Å². The Labute approximate surface area is 104 Å². The second-order valence-corrected chi connectivity index (χ2v) is 4.48. The maximum Gasteiger partial charge on any atom is 0.203 e. The van der Waals surface area contributed by atoms with Crippen molar-refractivity contribution in [3.63, 3.8) is 0 Å². The number of hydrogen-bond acceptors (Lipinski definition) is 3. The lowest BCUT2D eigenvalue weighted by Crippen LogP contribution is -2.19. The SMILES string of the molecule is CCCCCC(C)Nc1nccn1CCOC. The molecule has 0 fully saturated rings.